The topological polar surface area (TPSA) is 68.8 Å². The molecule has 0 spiro atoms. The lowest BCUT2D eigenvalue weighted by molar-refractivity contribution is 0.0515. The molecule has 0 aliphatic carbocycles. The second-order valence-electron chi connectivity index (χ2n) is 12.8. The number of para-hydroxylation sites is 1. The summed E-state index contributed by atoms with van der Waals surface area (Å²) in [5.74, 6) is 3.35. The maximum absolute atomic E-state index is 13.7. The van der Waals surface area contributed by atoms with Crippen molar-refractivity contribution in [2.75, 3.05) is 79.0 Å². The number of rotatable bonds is 7. The average molecular weight is 618 g/mol. The van der Waals surface area contributed by atoms with Crippen LogP contribution in [0.4, 0.5) is 27.7 Å². The van der Waals surface area contributed by atoms with E-state index in [1.54, 1.807) is 0 Å². The van der Waals surface area contributed by atoms with E-state index in [-0.39, 0.29) is 11.2 Å². The van der Waals surface area contributed by atoms with Crippen molar-refractivity contribution in [1.82, 2.24) is 15.3 Å². The van der Waals surface area contributed by atoms with E-state index in [0.29, 0.717) is 42.7 Å². The highest BCUT2D eigenvalue weighted by Crippen LogP contribution is 2.35. The van der Waals surface area contributed by atoms with Crippen LogP contribution in [0.3, 0.4) is 0 Å². The standard InChI is InChI=1S/C34H44FN7OS/c1-25-20-26(2)23-42(22-25)31-21-30(41-16-14-40(15-17-41)29-6-4-3-5-7-29)37-32(38-31)39-33(44)36-24-34(12-18-43-19-13-34)27-8-10-28(35)11-9-27/h3-11,21,25-26H,12-20,22-24H2,1-2H3,(H2,36,37,38,39,44)/t25-,26+. The lowest BCUT2D eigenvalue weighted by Gasteiger charge is -2.39. The number of benzene rings is 2. The summed E-state index contributed by atoms with van der Waals surface area (Å²) in [5.41, 5.74) is 2.17. The summed E-state index contributed by atoms with van der Waals surface area (Å²) in [5, 5.41) is 7.25. The fourth-order valence-corrected chi connectivity index (χ4v) is 7.18. The summed E-state index contributed by atoms with van der Waals surface area (Å²) in [4.78, 5) is 17.1. The van der Waals surface area contributed by atoms with Crippen molar-refractivity contribution < 1.29 is 9.13 Å². The van der Waals surface area contributed by atoms with Gasteiger partial charge in [-0.25, -0.2) is 4.39 Å². The van der Waals surface area contributed by atoms with Crippen LogP contribution in [0.25, 0.3) is 0 Å². The predicted molar refractivity (Wildman–Crippen MR) is 180 cm³/mol. The summed E-state index contributed by atoms with van der Waals surface area (Å²) in [6.45, 7) is 12.2. The van der Waals surface area contributed by atoms with Gasteiger partial charge in [-0.1, -0.05) is 44.2 Å². The Bertz CT molecular complexity index is 1380. The van der Waals surface area contributed by atoms with Gasteiger partial charge in [-0.2, -0.15) is 9.97 Å². The van der Waals surface area contributed by atoms with Crippen molar-refractivity contribution >= 4 is 40.6 Å². The van der Waals surface area contributed by atoms with Crippen LogP contribution < -0.4 is 25.3 Å². The van der Waals surface area contributed by atoms with Crippen LogP contribution >= 0.6 is 12.2 Å². The molecule has 2 atom stereocenters. The SMILES string of the molecule is C[C@@H]1C[C@H](C)CN(c2cc(N3CCN(c4ccccc4)CC3)nc(NC(=S)NCC3(c4ccc(F)cc4)CCOCC3)n2)C1. The van der Waals surface area contributed by atoms with Gasteiger partial charge in [0.25, 0.3) is 0 Å². The van der Waals surface area contributed by atoms with E-state index in [0.717, 1.165) is 69.3 Å². The first-order chi connectivity index (χ1) is 21.4. The second kappa shape index (κ2) is 13.6. The third-order valence-electron chi connectivity index (χ3n) is 9.34. The maximum atomic E-state index is 13.7. The van der Waals surface area contributed by atoms with Crippen molar-refractivity contribution in [2.45, 2.75) is 38.5 Å². The molecular formula is C34H44FN7OS. The van der Waals surface area contributed by atoms with E-state index >= 15 is 0 Å². The van der Waals surface area contributed by atoms with E-state index in [2.05, 4.69) is 75.6 Å². The first-order valence-electron chi connectivity index (χ1n) is 15.9. The van der Waals surface area contributed by atoms with Crippen LogP contribution in [0.1, 0.15) is 38.7 Å². The van der Waals surface area contributed by atoms with Crippen molar-refractivity contribution in [2.24, 2.45) is 11.8 Å². The van der Waals surface area contributed by atoms with E-state index < -0.39 is 0 Å². The highest BCUT2D eigenvalue weighted by atomic mass is 32.1. The molecule has 2 aromatic carbocycles. The lowest BCUT2D eigenvalue weighted by Crippen LogP contribution is -2.47. The number of thiocarbonyl (C=S) groups is 1. The maximum Gasteiger partial charge on any atom is 0.232 e. The fraction of sp³-hybridized carbons (Fsp3) is 0.500. The number of hydrogen-bond acceptors (Lipinski definition) is 7. The first-order valence-corrected chi connectivity index (χ1v) is 16.4. The summed E-state index contributed by atoms with van der Waals surface area (Å²) in [6, 6.07) is 19.6. The number of ether oxygens (including phenoxy) is 1. The molecule has 0 bridgehead atoms. The summed E-state index contributed by atoms with van der Waals surface area (Å²) in [7, 11) is 0. The number of anilines is 4. The number of nitrogens with one attached hydrogen (secondary N) is 2. The Morgan fingerprint density at radius 1 is 0.886 bits per heavy atom. The van der Waals surface area contributed by atoms with Crippen LogP contribution in [0.5, 0.6) is 0 Å². The smallest absolute Gasteiger partial charge is 0.232 e. The molecule has 3 aliphatic heterocycles. The molecule has 0 radical (unpaired) electrons. The minimum Gasteiger partial charge on any atom is -0.381 e. The minimum absolute atomic E-state index is 0.190. The van der Waals surface area contributed by atoms with Crippen molar-refractivity contribution in [3.05, 3.63) is 72.0 Å². The molecule has 4 heterocycles. The van der Waals surface area contributed by atoms with E-state index in [1.807, 2.05) is 12.1 Å². The number of hydrogen-bond donors (Lipinski definition) is 2. The van der Waals surface area contributed by atoms with Gasteiger partial charge in [0.05, 0.1) is 0 Å². The van der Waals surface area contributed by atoms with Crippen LogP contribution in [-0.2, 0) is 10.2 Å². The van der Waals surface area contributed by atoms with Crippen LogP contribution in [0, 0.1) is 17.7 Å². The average Bonchev–Trinajstić information content (AvgIpc) is 3.04. The molecule has 44 heavy (non-hydrogen) atoms. The number of halogens is 1. The molecule has 10 heteroatoms. The van der Waals surface area contributed by atoms with Gasteiger partial charge in [-0.05, 0) is 73.1 Å². The minimum atomic E-state index is -0.229. The Hall–Kier alpha value is -3.50. The Kier molecular flexibility index (Phi) is 9.47. The number of nitrogens with zero attached hydrogens (tertiary/aromatic N) is 5. The monoisotopic (exact) mass is 617 g/mol. The largest absolute Gasteiger partial charge is 0.381 e. The second-order valence-corrected chi connectivity index (χ2v) is 13.2. The van der Waals surface area contributed by atoms with Gasteiger partial charge in [-0.15, -0.1) is 0 Å². The van der Waals surface area contributed by atoms with Gasteiger partial charge in [0, 0.05) is 76.2 Å². The molecule has 8 nitrogen and oxygen atoms in total. The predicted octanol–water partition coefficient (Wildman–Crippen LogP) is 5.46. The van der Waals surface area contributed by atoms with Crippen molar-refractivity contribution in [3.63, 3.8) is 0 Å². The fourth-order valence-electron chi connectivity index (χ4n) is 7.01. The van der Waals surface area contributed by atoms with Gasteiger partial charge in [-0.3, -0.25) is 0 Å². The summed E-state index contributed by atoms with van der Waals surface area (Å²) in [6.07, 6.45) is 2.91. The van der Waals surface area contributed by atoms with Crippen LogP contribution in [0.2, 0.25) is 0 Å². The molecular weight excluding hydrogens is 573 g/mol. The molecule has 6 rings (SSSR count). The zero-order chi connectivity index (χ0) is 30.5. The third-order valence-corrected chi connectivity index (χ3v) is 9.58. The Labute approximate surface area is 266 Å². The van der Waals surface area contributed by atoms with Gasteiger partial charge < -0.3 is 30.1 Å². The van der Waals surface area contributed by atoms with Gasteiger partial charge in [0.1, 0.15) is 17.5 Å². The van der Waals surface area contributed by atoms with Crippen molar-refractivity contribution in [3.8, 4) is 0 Å². The summed E-state index contributed by atoms with van der Waals surface area (Å²) < 4.78 is 19.4. The zero-order valence-electron chi connectivity index (χ0n) is 25.8. The number of piperidine rings is 1. The van der Waals surface area contributed by atoms with Crippen LogP contribution in [0.15, 0.2) is 60.7 Å². The quantitative estimate of drug-likeness (QED) is 0.337. The molecule has 0 saturated carbocycles. The highest BCUT2D eigenvalue weighted by molar-refractivity contribution is 7.80. The molecule has 3 aliphatic rings. The summed E-state index contributed by atoms with van der Waals surface area (Å²) >= 11 is 5.80. The van der Waals surface area contributed by atoms with Crippen LogP contribution in [-0.4, -0.2) is 74.1 Å². The third kappa shape index (κ3) is 7.24. The molecule has 3 saturated heterocycles. The highest BCUT2D eigenvalue weighted by Gasteiger charge is 2.35. The van der Waals surface area contributed by atoms with Gasteiger partial charge in [0.15, 0.2) is 5.11 Å². The molecule has 3 fully saturated rings. The Morgan fingerprint density at radius 3 is 2.16 bits per heavy atom. The van der Waals surface area contributed by atoms with E-state index in [1.165, 1.54) is 24.2 Å². The lowest BCUT2D eigenvalue weighted by atomic mass is 9.74. The van der Waals surface area contributed by atoms with Crippen molar-refractivity contribution in [1.29, 1.82) is 0 Å². The Balaban J connectivity index is 1.19. The molecule has 234 valence electrons. The van der Waals surface area contributed by atoms with E-state index in [4.69, 9.17) is 26.9 Å². The molecule has 0 unspecified atom stereocenters. The molecule has 3 aromatic rings. The normalized spacial score (nSPS) is 22.0. The number of piperazine rings is 1. The first kappa shape index (κ1) is 30.5. The molecule has 0 amide bonds. The molecule has 1 aromatic heterocycles. The van der Waals surface area contributed by atoms with Gasteiger partial charge >= 0.3 is 0 Å². The number of aromatic nitrogens is 2. The van der Waals surface area contributed by atoms with E-state index in [9.17, 15) is 4.39 Å². The Morgan fingerprint density at radius 2 is 1.50 bits per heavy atom. The van der Waals surface area contributed by atoms with Gasteiger partial charge in [0.2, 0.25) is 5.95 Å². The zero-order valence-corrected chi connectivity index (χ0v) is 26.7. The molecule has 2 N–H and O–H groups in total.